The van der Waals surface area contributed by atoms with E-state index >= 15 is 0 Å². The number of ether oxygens (including phenoxy) is 1. The molecule has 0 radical (unpaired) electrons. The summed E-state index contributed by atoms with van der Waals surface area (Å²) in [5.74, 6) is -0.105. The average Bonchev–Trinajstić information content (AvgIpc) is 3.26. The van der Waals surface area contributed by atoms with Gasteiger partial charge in [0.15, 0.2) is 0 Å². The lowest BCUT2D eigenvalue weighted by Crippen LogP contribution is -2.54. The molecular formula is C26H34F6N2O3. The van der Waals surface area contributed by atoms with Crippen molar-refractivity contribution >= 4 is 5.91 Å². The molecule has 0 aromatic heterocycles. The second-order valence-electron chi connectivity index (χ2n) is 11.0. The smallest absolute Gasteiger partial charge is 0.381 e. The molecule has 3 aliphatic rings. The minimum atomic E-state index is -5.96. The maximum Gasteiger partial charge on any atom is 0.430 e. The van der Waals surface area contributed by atoms with Gasteiger partial charge in [0.2, 0.25) is 5.91 Å². The van der Waals surface area contributed by atoms with Gasteiger partial charge in [-0.3, -0.25) is 4.79 Å². The first-order chi connectivity index (χ1) is 17.2. The molecule has 2 heterocycles. The second kappa shape index (κ2) is 10.0. The highest BCUT2D eigenvalue weighted by Crippen LogP contribution is 2.51. The molecule has 0 spiro atoms. The lowest BCUT2D eigenvalue weighted by molar-refractivity contribution is -0.376. The van der Waals surface area contributed by atoms with E-state index in [4.69, 9.17) is 4.74 Å². The van der Waals surface area contributed by atoms with Crippen LogP contribution in [0, 0.1) is 11.3 Å². The van der Waals surface area contributed by atoms with E-state index in [-0.39, 0.29) is 30.0 Å². The second-order valence-corrected chi connectivity index (χ2v) is 11.0. The molecule has 208 valence electrons. The summed E-state index contributed by atoms with van der Waals surface area (Å²) in [6.07, 6.45) is -7.67. The van der Waals surface area contributed by atoms with Gasteiger partial charge in [-0.1, -0.05) is 32.0 Å². The van der Waals surface area contributed by atoms with Crippen molar-refractivity contribution in [3.8, 4) is 0 Å². The summed E-state index contributed by atoms with van der Waals surface area (Å²) < 4.78 is 86.0. The number of aliphatic hydroxyl groups is 1. The molecule has 1 saturated heterocycles. The normalized spacial score (nSPS) is 26.0. The lowest BCUT2D eigenvalue weighted by atomic mass is 9.73. The molecule has 1 aromatic rings. The highest BCUT2D eigenvalue weighted by atomic mass is 19.4. The number of hydrogen-bond acceptors (Lipinski definition) is 4. The van der Waals surface area contributed by atoms with E-state index in [1.165, 1.54) is 6.07 Å². The van der Waals surface area contributed by atoms with E-state index < -0.39 is 28.9 Å². The van der Waals surface area contributed by atoms with E-state index in [1.54, 1.807) is 4.90 Å². The fourth-order valence-electron chi connectivity index (χ4n) is 6.14. The van der Waals surface area contributed by atoms with Gasteiger partial charge in [0.1, 0.15) is 0 Å². The molecule has 1 aromatic carbocycles. The van der Waals surface area contributed by atoms with Gasteiger partial charge < -0.3 is 20.1 Å². The van der Waals surface area contributed by atoms with Crippen LogP contribution in [0.15, 0.2) is 18.2 Å². The topological polar surface area (TPSA) is 61.8 Å². The summed E-state index contributed by atoms with van der Waals surface area (Å²) in [5.41, 5.74) is -6.17. The molecule has 2 aliphatic heterocycles. The van der Waals surface area contributed by atoms with Crippen molar-refractivity contribution < 1.29 is 41.0 Å². The van der Waals surface area contributed by atoms with Crippen LogP contribution in [0.2, 0.25) is 0 Å². The van der Waals surface area contributed by atoms with Crippen molar-refractivity contribution in [1.82, 2.24) is 10.2 Å². The summed E-state index contributed by atoms with van der Waals surface area (Å²) in [5, 5.41) is 13.5. The minimum Gasteiger partial charge on any atom is -0.381 e. The van der Waals surface area contributed by atoms with Crippen LogP contribution in [0.3, 0.4) is 0 Å². The molecule has 0 unspecified atom stereocenters. The van der Waals surface area contributed by atoms with Gasteiger partial charge in [-0.05, 0) is 55.6 Å². The van der Waals surface area contributed by atoms with Crippen LogP contribution in [0.5, 0.6) is 0 Å². The Kier molecular flexibility index (Phi) is 7.64. The van der Waals surface area contributed by atoms with Gasteiger partial charge in [-0.25, -0.2) is 0 Å². The van der Waals surface area contributed by atoms with Gasteiger partial charge in [0, 0.05) is 44.0 Å². The summed E-state index contributed by atoms with van der Waals surface area (Å²) in [6, 6.07) is 3.11. The maximum absolute atomic E-state index is 13.9. The fraction of sp³-hybridized carbons (Fsp3) is 0.731. The van der Waals surface area contributed by atoms with E-state index in [2.05, 4.69) is 5.32 Å². The number of rotatable bonds is 5. The van der Waals surface area contributed by atoms with Crippen LogP contribution in [0.1, 0.15) is 62.6 Å². The number of carbonyl (C=O) groups excluding carboxylic acids is 1. The first-order valence-electron chi connectivity index (χ1n) is 12.8. The molecule has 37 heavy (non-hydrogen) atoms. The van der Waals surface area contributed by atoms with Crippen LogP contribution >= 0.6 is 0 Å². The summed E-state index contributed by atoms with van der Waals surface area (Å²) >= 11 is 0. The highest BCUT2D eigenvalue weighted by molar-refractivity contribution is 5.84. The Morgan fingerprint density at radius 1 is 1.05 bits per heavy atom. The zero-order valence-corrected chi connectivity index (χ0v) is 21.0. The van der Waals surface area contributed by atoms with Gasteiger partial charge >= 0.3 is 12.4 Å². The number of carbonyl (C=O) groups is 1. The van der Waals surface area contributed by atoms with Crippen molar-refractivity contribution in [2.45, 2.75) is 89.0 Å². The number of nitrogens with zero attached hydrogens (tertiary/aromatic N) is 1. The van der Waals surface area contributed by atoms with Crippen molar-refractivity contribution in [3.05, 3.63) is 34.9 Å². The molecule has 2 atom stereocenters. The van der Waals surface area contributed by atoms with Gasteiger partial charge in [0.05, 0.1) is 5.41 Å². The van der Waals surface area contributed by atoms with Crippen LogP contribution < -0.4 is 5.32 Å². The van der Waals surface area contributed by atoms with E-state index in [0.717, 1.165) is 25.3 Å². The van der Waals surface area contributed by atoms with Crippen LogP contribution in [0.25, 0.3) is 0 Å². The van der Waals surface area contributed by atoms with Gasteiger partial charge in [-0.2, -0.15) is 26.3 Å². The largest absolute Gasteiger partial charge is 0.430 e. The molecule has 1 aliphatic carbocycles. The van der Waals surface area contributed by atoms with Gasteiger partial charge in [0.25, 0.3) is 5.60 Å². The number of nitrogens with one attached hydrogen (secondary N) is 1. The molecule has 11 heteroatoms. The van der Waals surface area contributed by atoms with Crippen molar-refractivity contribution in [1.29, 1.82) is 0 Å². The highest BCUT2D eigenvalue weighted by Gasteiger charge is 2.71. The predicted octanol–water partition coefficient (Wildman–Crippen LogP) is 4.85. The summed E-state index contributed by atoms with van der Waals surface area (Å²) in [4.78, 5) is 15.4. The summed E-state index contributed by atoms with van der Waals surface area (Å²) in [7, 11) is 0. The first-order valence-corrected chi connectivity index (χ1v) is 12.8. The molecular weight excluding hydrogens is 502 g/mol. The zero-order chi connectivity index (χ0) is 27.2. The molecule has 2 fully saturated rings. The van der Waals surface area contributed by atoms with Crippen molar-refractivity contribution in [2.24, 2.45) is 11.3 Å². The number of fused-ring (bicyclic) bond motifs is 1. The number of amides is 1. The quantitative estimate of drug-likeness (QED) is 0.529. The zero-order valence-electron chi connectivity index (χ0n) is 21.0. The van der Waals surface area contributed by atoms with Crippen LogP contribution in [-0.4, -0.2) is 60.1 Å². The standard InChI is InChI=1S/C26H34F6N2O3/c1-16(2)23(9-5-21(14-23)33-20-7-11-37-12-8-20)22(35)34-10-6-17-3-4-19(13-18(17)15-34)24(36,25(27,28)29)26(30,31)32/h3-4,13,16,20-21,33,36H,5-12,14-15H2,1-2H3/t21-,23+/m1/s1. The maximum atomic E-state index is 13.9. The van der Waals surface area contributed by atoms with Crippen LogP contribution in [-0.2, 0) is 28.1 Å². The molecule has 2 N–H and O–H groups in total. The average molecular weight is 537 g/mol. The Hall–Kier alpha value is -1.85. The number of alkyl halides is 6. The Labute approximate surface area is 212 Å². The molecule has 0 bridgehead atoms. The molecule has 1 amide bonds. The van der Waals surface area contributed by atoms with E-state index in [1.807, 2.05) is 13.8 Å². The van der Waals surface area contributed by atoms with E-state index in [9.17, 15) is 36.2 Å². The molecule has 5 nitrogen and oxygen atoms in total. The minimum absolute atomic E-state index is 0.00905. The Bertz CT molecular complexity index is 976. The Morgan fingerprint density at radius 3 is 2.30 bits per heavy atom. The fourth-order valence-corrected chi connectivity index (χ4v) is 6.14. The van der Waals surface area contributed by atoms with Crippen molar-refractivity contribution in [3.63, 3.8) is 0 Å². The Balaban J connectivity index is 1.55. The third-order valence-electron chi connectivity index (χ3n) is 8.52. The monoisotopic (exact) mass is 536 g/mol. The SMILES string of the molecule is CC(C)[C@]1(C(=O)N2CCc3ccc(C(O)(C(F)(F)F)C(F)(F)F)cc3C2)CC[C@@H](NC2CCOCC2)C1. The van der Waals surface area contributed by atoms with E-state index in [0.29, 0.717) is 56.7 Å². The van der Waals surface area contributed by atoms with Gasteiger partial charge in [-0.15, -0.1) is 0 Å². The number of halogens is 6. The number of benzene rings is 1. The summed E-state index contributed by atoms with van der Waals surface area (Å²) in [6.45, 7) is 5.60. The van der Waals surface area contributed by atoms with Crippen molar-refractivity contribution in [2.75, 3.05) is 19.8 Å². The number of hydrogen-bond donors (Lipinski definition) is 2. The predicted molar refractivity (Wildman–Crippen MR) is 123 cm³/mol. The first kappa shape index (κ1) is 28.2. The molecule has 4 rings (SSSR count). The van der Waals surface area contributed by atoms with Crippen LogP contribution in [0.4, 0.5) is 26.3 Å². The third kappa shape index (κ3) is 5.11. The lowest BCUT2D eigenvalue weighted by Gasteiger charge is -2.40. The third-order valence-corrected chi connectivity index (χ3v) is 8.52. The molecule has 1 saturated carbocycles. The Morgan fingerprint density at radius 2 is 1.70 bits per heavy atom.